The Morgan fingerprint density at radius 2 is 2.06 bits per heavy atom. The molecule has 0 spiro atoms. The van der Waals surface area contributed by atoms with E-state index in [0.29, 0.717) is 6.29 Å². The van der Waals surface area contributed by atoms with Crippen molar-refractivity contribution in [2.75, 3.05) is 19.8 Å². The number of phosphoric acid groups is 1. The zero-order valence-corrected chi connectivity index (χ0v) is 10.0. The number of hydrogen-bond acceptors (Lipinski definition) is 6. The largest absolute Gasteiger partial charge is 0.472 e. The number of ether oxygens (including phenoxy) is 1. The molecule has 94 valence electrons. The van der Waals surface area contributed by atoms with Gasteiger partial charge in [0.2, 0.25) is 0 Å². The van der Waals surface area contributed by atoms with Gasteiger partial charge in [-0.05, 0) is 6.92 Å². The molecule has 16 heavy (non-hydrogen) atoms. The van der Waals surface area contributed by atoms with Gasteiger partial charge in [0, 0.05) is 6.92 Å². The number of rotatable bonds is 8. The Labute approximate surface area is 93.3 Å². The Morgan fingerprint density at radius 3 is 2.50 bits per heavy atom. The summed E-state index contributed by atoms with van der Waals surface area (Å²) in [6, 6.07) is 0. The van der Waals surface area contributed by atoms with Gasteiger partial charge in [0.1, 0.15) is 12.9 Å². The average molecular weight is 254 g/mol. The van der Waals surface area contributed by atoms with E-state index in [1.165, 1.54) is 13.8 Å². The normalized spacial score (nSPS) is 16.2. The minimum absolute atomic E-state index is 0.0173. The molecule has 1 N–H and O–H groups in total. The summed E-state index contributed by atoms with van der Waals surface area (Å²) in [6.45, 7) is 2.21. The number of aldehydes is 1. The number of phosphoric ester groups is 1. The molecule has 8 heteroatoms. The van der Waals surface area contributed by atoms with Crippen molar-refractivity contribution < 1.29 is 32.8 Å². The van der Waals surface area contributed by atoms with E-state index in [0.717, 1.165) is 0 Å². The summed E-state index contributed by atoms with van der Waals surface area (Å²) in [6.07, 6.45) is 0.481. The highest BCUT2D eigenvalue weighted by Gasteiger charge is 2.22. The number of esters is 1. The third-order valence-electron chi connectivity index (χ3n) is 1.44. The van der Waals surface area contributed by atoms with E-state index in [4.69, 9.17) is 4.89 Å². The van der Waals surface area contributed by atoms with E-state index in [9.17, 15) is 14.2 Å². The molecule has 0 amide bonds. The van der Waals surface area contributed by atoms with Crippen molar-refractivity contribution in [3.63, 3.8) is 0 Å². The first-order valence-electron chi connectivity index (χ1n) is 4.61. The molecule has 0 saturated heterocycles. The lowest BCUT2D eigenvalue weighted by Crippen LogP contribution is -2.18. The summed E-state index contributed by atoms with van der Waals surface area (Å²) in [4.78, 5) is 30.0. The average Bonchev–Trinajstić information content (AvgIpc) is 2.17. The third kappa shape index (κ3) is 7.53. The minimum atomic E-state index is -4.11. The molecule has 7 nitrogen and oxygen atoms in total. The molecule has 0 aromatic carbocycles. The van der Waals surface area contributed by atoms with Crippen molar-refractivity contribution in [2.24, 2.45) is 5.92 Å². The molecule has 0 heterocycles. The van der Waals surface area contributed by atoms with Crippen LogP contribution in [0.15, 0.2) is 0 Å². The molecule has 0 aromatic rings. The third-order valence-corrected chi connectivity index (χ3v) is 2.50. The monoisotopic (exact) mass is 254 g/mol. The predicted molar refractivity (Wildman–Crippen MR) is 53.6 cm³/mol. The molecule has 0 aliphatic carbocycles. The maximum absolute atomic E-state index is 11.1. The highest BCUT2D eigenvalue weighted by atomic mass is 31.2. The molecule has 0 aromatic heterocycles. The van der Waals surface area contributed by atoms with Gasteiger partial charge in [0.25, 0.3) is 0 Å². The van der Waals surface area contributed by atoms with E-state index in [2.05, 4.69) is 13.8 Å². The van der Waals surface area contributed by atoms with Gasteiger partial charge < -0.3 is 14.4 Å². The van der Waals surface area contributed by atoms with Crippen LogP contribution in [0, 0.1) is 5.92 Å². The van der Waals surface area contributed by atoms with Crippen LogP contribution in [0.3, 0.4) is 0 Å². The van der Waals surface area contributed by atoms with Crippen LogP contribution in [0.25, 0.3) is 0 Å². The molecule has 2 atom stereocenters. The summed E-state index contributed by atoms with van der Waals surface area (Å²) in [5, 5.41) is 0. The van der Waals surface area contributed by atoms with E-state index in [1.54, 1.807) is 0 Å². The van der Waals surface area contributed by atoms with Crippen molar-refractivity contribution in [3.8, 4) is 0 Å². The van der Waals surface area contributed by atoms with Gasteiger partial charge >= 0.3 is 13.8 Å². The van der Waals surface area contributed by atoms with Crippen molar-refractivity contribution in [1.29, 1.82) is 0 Å². The lowest BCUT2D eigenvalue weighted by Gasteiger charge is -2.14. The first-order chi connectivity index (χ1) is 7.41. The summed E-state index contributed by atoms with van der Waals surface area (Å²) >= 11 is 0. The lowest BCUT2D eigenvalue weighted by atomic mass is 10.2. The van der Waals surface area contributed by atoms with Crippen molar-refractivity contribution >= 4 is 20.1 Å². The molecule has 0 saturated carbocycles. The maximum Gasteiger partial charge on any atom is 0.472 e. The fraction of sp³-hybridized carbons (Fsp3) is 0.750. The van der Waals surface area contributed by atoms with E-state index >= 15 is 0 Å². The molecule has 0 fully saturated rings. The van der Waals surface area contributed by atoms with Crippen LogP contribution in [0.4, 0.5) is 0 Å². The van der Waals surface area contributed by atoms with Gasteiger partial charge in [-0.2, -0.15) is 0 Å². The summed E-state index contributed by atoms with van der Waals surface area (Å²) < 4.78 is 24.6. The van der Waals surface area contributed by atoms with Crippen LogP contribution in [-0.4, -0.2) is 37.0 Å². The Morgan fingerprint density at radius 1 is 1.44 bits per heavy atom. The first kappa shape index (κ1) is 15.2. The van der Waals surface area contributed by atoms with Gasteiger partial charge in [0.05, 0.1) is 19.1 Å². The fourth-order valence-electron chi connectivity index (χ4n) is 0.741. The zero-order valence-electron chi connectivity index (χ0n) is 9.12. The van der Waals surface area contributed by atoms with Crippen LogP contribution < -0.4 is 0 Å². The quantitative estimate of drug-likeness (QED) is 0.383. The Hall–Kier alpha value is -0.750. The molecule has 0 aliphatic heterocycles. The molecular weight excluding hydrogens is 239 g/mol. The highest BCUT2D eigenvalue weighted by molar-refractivity contribution is 7.47. The Bertz CT molecular complexity index is 278. The molecule has 0 aliphatic rings. The highest BCUT2D eigenvalue weighted by Crippen LogP contribution is 2.43. The number of carbonyl (C=O) groups excluding carboxylic acids is 2. The van der Waals surface area contributed by atoms with Crippen LogP contribution in [-0.2, 0) is 27.9 Å². The zero-order chi connectivity index (χ0) is 12.6. The predicted octanol–water partition coefficient (Wildman–Crippen LogP) is 0.518. The first-order valence-corrected chi connectivity index (χ1v) is 6.11. The Kier molecular flexibility index (Phi) is 7.16. The molecular formula is C8H15O7P. The van der Waals surface area contributed by atoms with Crippen molar-refractivity contribution in [1.82, 2.24) is 0 Å². The van der Waals surface area contributed by atoms with Crippen LogP contribution in [0.2, 0.25) is 0 Å². The molecule has 0 bridgehead atoms. The molecule has 2 unspecified atom stereocenters. The SMILES string of the molecule is CCOP(=O)(O)OCC(C=O)COC(C)=O. The van der Waals surface area contributed by atoms with Gasteiger partial charge in [-0.25, -0.2) is 4.57 Å². The second kappa shape index (κ2) is 7.51. The summed E-state index contributed by atoms with van der Waals surface area (Å²) in [5.41, 5.74) is 0. The summed E-state index contributed by atoms with van der Waals surface area (Å²) in [5.74, 6) is -1.33. The topological polar surface area (TPSA) is 99.1 Å². The lowest BCUT2D eigenvalue weighted by molar-refractivity contribution is -0.143. The number of hydrogen-bond donors (Lipinski definition) is 1. The van der Waals surface area contributed by atoms with Gasteiger partial charge in [0.15, 0.2) is 0 Å². The van der Waals surface area contributed by atoms with Gasteiger partial charge in [-0.1, -0.05) is 0 Å². The van der Waals surface area contributed by atoms with Crippen molar-refractivity contribution in [2.45, 2.75) is 13.8 Å². The van der Waals surface area contributed by atoms with Crippen LogP contribution in [0.1, 0.15) is 13.8 Å². The van der Waals surface area contributed by atoms with Gasteiger partial charge in [-0.15, -0.1) is 0 Å². The number of carbonyl (C=O) groups is 2. The standard InChI is InChI=1S/C8H15O7P/c1-3-14-16(11,12)15-6-8(4-9)5-13-7(2)10/h4,8H,3,5-6H2,1-2H3,(H,11,12). The fourth-order valence-corrected chi connectivity index (χ4v) is 1.52. The van der Waals surface area contributed by atoms with Crippen LogP contribution >= 0.6 is 7.82 Å². The minimum Gasteiger partial charge on any atom is -0.465 e. The van der Waals surface area contributed by atoms with Gasteiger partial charge in [-0.3, -0.25) is 13.8 Å². The smallest absolute Gasteiger partial charge is 0.465 e. The molecule has 0 rings (SSSR count). The van der Waals surface area contributed by atoms with E-state index in [1.807, 2.05) is 0 Å². The summed E-state index contributed by atoms with van der Waals surface area (Å²) in [7, 11) is -4.11. The van der Waals surface area contributed by atoms with E-state index < -0.39 is 19.7 Å². The van der Waals surface area contributed by atoms with Crippen molar-refractivity contribution in [3.05, 3.63) is 0 Å². The maximum atomic E-state index is 11.1. The van der Waals surface area contributed by atoms with E-state index in [-0.39, 0.29) is 19.8 Å². The molecule has 0 radical (unpaired) electrons. The second-order valence-corrected chi connectivity index (χ2v) is 4.33. The Balaban J connectivity index is 3.99. The second-order valence-electron chi connectivity index (χ2n) is 2.88. The van der Waals surface area contributed by atoms with Crippen LogP contribution in [0.5, 0.6) is 0 Å².